The van der Waals surface area contributed by atoms with Gasteiger partial charge in [0.15, 0.2) is 11.6 Å². The van der Waals surface area contributed by atoms with Crippen molar-refractivity contribution in [2.24, 2.45) is 0 Å². The Labute approximate surface area is 187 Å². The van der Waals surface area contributed by atoms with Gasteiger partial charge in [0.05, 0.1) is 5.56 Å². The fourth-order valence-corrected chi connectivity index (χ4v) is 2.87. The number of hydrogen-bond acceptors (Lipinski definition) is 7. The van der Waals surface area contributed by atoms with Gasteiger partial charge in [-0.15, -0.1) is 0 Å². The molecule has 0 aliphatic rings. The largest absolute Gasteiger partial charge is 0.416 e. The Morgan fingerprint density at radius 3 is 2.58 bits per heavy atom. The lowest BCUT2D eigenvalue weighted by molar-refractivity contribution is -0.137. The molecule has 0 aliphatic heterocycles. The molecule has 0 saturated heterocycles. The van der Waals surface area contributed by atoms with Gasteiger partial charge in [-0.2, -0.15) is 33.2 Å². The maximum Gasteiger partial charge on any atom is 0.416 e. The smallest absolute Gasteiger partial charge is 0.350 e. The first-order valence-electron chi connectivity index (χ1n) is 9.88. The van der Waals surface area contributed by atoms with Crippen LogP contribution in [0.3, 0.4) is 0 Å². The van der Waals surface area contributed by atoms with Crippen molar-refractivity contribution in [2.45, 2.75) is 19.6 Å². The van der Waals surface area contributed by atoms with Crippen molar-refractivity contribution in [1.29, 1.82) is 0 Å². The maximum absolute atomic E-state index is 13.0. The number of benzene rings is 1. The number of H-pyrrole nitrogens is 1. The van der Waals surface area contributed by atoms with Crippen LogP contribution in [0.25, 0.3) is 12.2 Å². The third-order valence-electron chi connectivity index (χ3n) is 4.41. The molecule has 0 saturated carbocycles. The van der Waals surface area contributed by atoms with Crippen LogP contribution in [0.4, 0.5) is 30.9 Å². The topological polar surface area (TPSA) is 104 Å². The fraction of sp³-hybridized carbons (Fsp3) is 0.136. The van der Waals surface area contributed by atoms with Crippen molar-refractivity contribution in [1.82, 2.24) is 30.1 Å². The summed E-state index contributed by atoms with van der Waals surface area (Å²) in [5.41, 5.74) is 1.42. The molecule has 0 unspecified atom stereocenters. The van der Waals surface area contributed by atoms with Crippen LogP contribution in [0.1, 0.15) is 28.2 Å². The molecule has 8 nitrogen and oxygen atoms in total. The molecule has 0 radical (unpaired) electrons. The number of aryl methyl sites for hydroxylation is 1. The molecule has 3 aromatic heterocycles. The minimum Gasteiger partial charge on any atom is -0.350 e. The molecule has 4 aromatic rings. The van der Waals surface area contributed by atoms with E-state index in [1.807, 2.05) is 19.1 Å². The summed E-state index contributed by atoms with van der Waals surface area (Å²) in [7, 11) is 0. The SMILES string of the molecule is Cc1cc(Nc2nc(/C=C/c3cccc(C(F)(F)F)c3)nc(NCc3cccnc3)n2)n[nH]1. The van der Waals surface area contributed by atoms with E-state index in [4.69, 9.17) is 0 Å². The second kappa shape index (κ2) is 9.47. The standard InChI is InChI=1S/C22H19F3N8/c1-14-10-19(33-32-14)30-21-29-18(8-7-15-4-2-6-17(11-15)22(23,24)25)28-20(31-21)27-13-16-5-3-9-26-12-16/h2-12H,13H2,1H3,(H3,27,28,29,30,31,32,33)/b8-7+. The monoisotopic (exact) mass is 452 g/mol. The molecule has 4 rings (SSSR count). The van der Waals surface area contributed by atoms with Gasteiger partial charge in [-0.3, -0.25) is 10.1 Å². The Hall–Kier alpha value is -4.28. The average molecular weight is 452 g/mol. The van der Waals surface area contributed by atoms with Gasteiger partial charge in [-0.1, -0.05) is 24.3 Å². The van der Waals surface area contributed by atoms with Crippen molar-refractivity contribution < 1.29 is 13.2 Å². The van der Waals surface area contributed by atoms with E-state index in [0.717, 1.165) is 23.4 Å². The highest BCUT2D eigenvalue weighted by atomic mass is 19.4. The third kappa shape index (κ3) is 6.12. The lowest BCUT2D eigenvalue weighted by Gasteiger charge is -2.08. The Morgan fingerprint density at radius 2 is 1.85 bits per heavy atom. The Morgan fingerprint density at radius 1 is 1.00 bits per heavy atom. The van der Waals surface area contributed by atoms with E-state index in [-0.39, 0.29) is 17.7 Å². The van der Waals surface area contributed by atoms with Crippen molar-refractivity contribution >= 4 is 29.9 Å². The zero-order chi connectivity index (χ0) is 23.3. The number of alkyl halides is 3. The molecule has 168 valence electrons. The molecule has 0 fully saturated rings. The first-order chi connectivity index (χ1) is 15.8. The highest BCUT2D eigenvalue weighted by molar-refractivity contribution is 5.68. The van der Waals surface area contributed by atoms with Crippen LogP contribution < -0.4 is 10.6 Å². The quantitative estimate of drug-likeness (QED) is 0.368. The molecule has 0 spiro atoms. The van der Waals surface area contributed by atoms with Crippen molar-refractivity contribution in [3.63, 3.8) is 0 Å². The predicted molar refractivity (Wildman–Crippen MR) is 118 cm³/mol. The number of anilines is 3. The summed E-state index contributed by atoms with van der Waals surface area (Å²) in [5.74, 6) is 1.29. The third-order valence-corrected chi connectivity index (χ3v) is 4.41. The lowest BCUT2D eigenvalue weighted by Crippen LogP contribution is -2.08. The van der Waals surface area contributed by atoms with Crippen molar-refractivity contribution in [3.05, 3.63) is 83.1 Å². The van der Waals surface area contributed by atoms with Crippen LogP contribution in [0, 0.1) is 6.92 Å². The van der Waals surface area contributed by atoms with Crippen molar-refractivity contribution in [3.8, 4) is 0 Å². The number of halogens is 3. The molecule has 33 heavy (non-hydrogen) atoms. The summed E-state index contributed by atoms with van der Waals surface area (Å²) < 4.78 is 39.0. The van der Waals surface area contributed by atoms with Crippen LogP contribution in [0.2, 0.25) is 0 Å². The molecule has 11 heteroatoms. The summed E-state index contributed by atoms with van der Waals surface area (Å²) in [6.07, 6.45) is 2.01. The Kier molecular flexibility index (Phi) is 6.29. The summed E-state index contributed by atoms with van der Waals surface area (Å²) in [5, 5.41) is 13.0. The fourth-order valence-electron chi connectivity index (χ4n) is 2.87. The van der Waals surface area contributed by atoms with Gasteiger partial charge in [-0.25, -0.2) is 0 Å². The van der Waals surface area contributed by atoms with E-state index in [0.29, 0.717) is 17.9 Å². The van der Waals surface area contributed by atoms with Crippen LogP contribution in [0.5, 0.6) is 0 Å². The first-order valence-corrected chi connectivity index (χ1v) is 9.88. The van der Waals surface area contributed by atoms with Crippen LogP contribution in [-0.2, 0) is 12.7 Å². The van der Waals surface area contributed by atoms with Crippen molar-refractivity contribution in [2.75, 3.05) is 10.6 Å². The summed E-state index contributed by atoms with van der Waals surface area (Å²) in [4.78, 5) is 17.1. The molecule has 0 atom stereocenters. The molecule has 0 amide bonds. The van der Waals surface area contributed by atoms with E-state index in [1.54, 1.807) is 24.5 Å². The second-order valence-corrected chi connectivity index (χ2v) is 7.07. The van der Waals surface area contributed by atoms with E-state index < -0.39 is 11.7 Å². The van der Waals surface area contributed by atoms with E-state index in [1.165, 1.54) is 18.2 Å². The predicted octanol–water partition coefficient (Wildman–Crippen LogP) is 4.84. The number of pyridine rings is 1. The van der Waals surface area contributed by atoms with Gasteiger partial charge in [0.25, 0.3) is 0 Å². The van der Waals surface area contributed by atoms with Crippen LogP contribution in [0.15, 0.2) is 54.9 Å². The van der Waals surface area contributed by atoms with E-state index in [9.17, 15) is 13.2 Å². The molecular formula is C22H19F3N8. The Balaban J connectivity index is 1.60. The number of aromatic nitrogens is 6. The first kappa shape index (κ1) is 21.9. The lowest BCUT2D eigenvalue weighted by atomic mass is 10.1. The summed E-state index contributed by atoms with van der Waals surface area (Å²) >= 11 is 0. The summed E-state index contributed by atoms with van der Waals surface area (Å²) in [6.45, 7) is 2.28. The number of nitrogens with one attached hydrogen (secondary N) is 3. The van der Waals surface area contributed by atoms with Crippen LogP contribution >= 0.6 is 0 Å². The van der Waals surface area contributed by atoms with Gasteiger partial charge < -0.3 is 10.6 Å². The van der Waals surface area contributed by atoms with Gasteiger partial charge in [0.2, 0.25) is 11.9 Å². The minimum absolute atomic E-state index is 0.230. The molecule has 0 bridgehead atoms. The highest BCUT2D eigenvalue weighted by Gasteiger charge is 2.30. The van der Waals surface area contributed by atoms with E-state index in [2.05, 4.69) is 40.8 Å². The normalized spacial score (nSPS) is 11.6. The van der Waals surface area contributed by atoms with Crippen LogP contribution in [-0.4, -0.2) is 30.1 Å². The molecule has 0 aliphatic carbocycles. The molecule has 1 aromatic carbocycles. The van der Waals surface area contributed by atoms with Gasteiger partial charge in [-0.05, 0) is 42.3 Å². The van der Waals surface area contributed by atoms with Gasteiger partial charge in [0, 0.05) is 30.7 Å². The van der Waals surface area contributed by atoms with Gasteiger partial charge in [0.1, 0.15) is 0 Å². The highest BCUT2D eigenvalue weighted by Crippen LogP contribution is 2.29. The van der Waals surface area contributed by atoms with E-state index >= 15 is 0 Å². The zero-order valence-corrected chi connectivity index (χ0v) is 17.4. The number of nitrogens with zero attached hydrogens (tertiary/aromatic N) is 5. The molecule has 3 heterocycles. The second-order valence-electron chi connectivity index (χ2n) is 7.07. The maximum atomic E-state index is 13.0. The van der Waals surface area contributed by atoms with Gasteiger partial charge >= 0.3 is 6.18 Å². The number of hydrogen-bond donors (Lipinski definition) is 3. The summed E-state index contributed by atoms with van der Waals surface area (Å²) in [6, 6.07) is 10.5. The number of rotatable bonds is 7. The number of aromatic amines is 1. The average Bonchev–Trinajstić information content (AvgIpc) is 3.21. The zero-order valence-electron chi connectivity index (χ0n) is 17.4. The molecule has 3 N–H and O–H groups in total. The minimum atomic E-state index is -4.42. The molecular weight excluding hydrogens is 433 g/mol. The Bertz CT molecular complexity index is 1250.